The van der Waals surface area contributed by atoms with E-state index in [1.54, 1.807) is 6.92 Å². The maximum Gasteiger partial charge on any atom is 0.415 e. The van der Waals surface area contributed by atoms with Crippen LogP contribution in [0.3, 0.4) is 0 Å². The van der Waals surface area contributed by atoms with Crippen molar-refractivity contribution in [2.45, 2.75) is 25.6 Å². The first-order valence-corrected chi connectivity index (χ1v) is 5.02. The lowest BCUT2D eigenvalue weighted by molar-refractivity contribution is -0.184. The number of phenols is 1. The van der Waals surface area contributed by atoms with Gasteiger partial charge in [0.15, 0.2) is 5.54 Å². The van der Waals surface area contributed by atoms with Gasteiger partial charge in [0.1, 0.15) is 5.75 Å². The molecule has 0 heterocycles. The topological polar surface area (TPSA) is 75.4 Å². The number of nitrogens with one attached hydrogen (secondary N) is 1. The Hall–Kier alpha value is -1.76. The number of aryl methyl sites for hydroxylation is 1. The average molecular weight is 262 g/mol. The lowest BCUT2D eigenvalue weighted by atomic mass is 10.0. The third kappa shape index (κ3) is 2.73. The summed E-state index contributed by atoms with van der Waals surface area (Å²) in [5.41, 5.74) is 2.55. The normalized spacial score (nSPS) is 15.0. The highest BCUT2D eigenvalue weighted by atomic mass is 19.4. The van der Waals surface area contributed by atoms with Crippen molar-refractivity contribution in [3.05, 3.63) is 23.8 Å². The lowest BCUT2D eigenvalue weighted by Crippen LogP contribution is -2.59. The van der Waals surface area contributed by atoms with Gasteiger partial charge in [0.05, 0.1) is 0 Å². The van der Waals surface area contributed by atoms with E-state index in [1.165, 1.54) is 12.1 Å². The van der Waals surface area contributed by atoms with Gasteiger partial charge in [0.25, 0.3) is 5.91 Å². The van der Waals surface area contributed by atoms with Crippen LogP contribution >= 0.6 is 0 Å². The number of hydrogen-bond acceptors (Lipinski definition) is 3. The molecule has 0 radical (unpaired) electrons. The van der Waals surface area contributed by atoms with Gasteiger partial charge in [0.2, 0.25) is 0 Å². The largest absolute Gasteiger partial charge is 0.508 e. The number of anilines is 1. The number of halogens is 3. The molecule has 4 nitrogen and oxygen atoms in total. The van der Waals surface area contributed by atoms with Gasteiger partial charge < -0.3 is 16.2 Å². The summed E-state index contributed by atoms with van der Waals surface area (Å²) in [6.45, 7) is 2.19. The third-order valence-electron chi connectivity index (χ3n) is 2.53. The van der Waals surface area contributed by atoms with Crippen LogP contribution in [-0.4, -0.2) is 22.7 Å². The van der Waals surface area contributed by atoms with E-state index in [1.807, 2.05) is 5.32 Å². The van der Waals surface area contributed by atoms with Crippen LogP contribution in [0.2, 0.25) is 0 Å². The minimum Gasteiger partial charge on any atom is -0.508 e. The van der Waals surface area contributed by atoms with Crippen molar-refractivity contribution in [3.8, 4) is 5.75 Å². The molecule has 0 aliphatic heterocycles. The first-order chi connectivity index (χ1) is 8.05. The fourth-order valence-corrected chi connectivity index (χ4v) is 1.08. The van der Waals surface area contributed by atoms with Gasteiger partial charge in [-0.3, -0.25) is 4.79 Å². The molecule has 0 aromatic heterocycles. The van der Waals surface area contributed by atoms with Crippen LogP contribution in [0.15, 0.2) is 18.2 Å². The number of amides is 1. The van der Waals surface area contributed by atoms with Crippen LogP contribution in [0.1, 0.15) is 12.5 Å². The van der Waals surface area contributed by atoms with Crippen molar-refractivity contribution >= 4 is 11.6 Å². The Morgan fingerprint density at radius 2 is 1.94 bits per heavy atom. The van der Waals surface area contributed by atoms with Gasteiger partial charge in [-0.15, -0.1) is 0 Å². The van der Waals surface area contributed by atoms with Crippen molar-refractivity contribution in [1.29, 1.82) is 0 Å². The second-order valence-electron chi connectivity index (χ2n) is 4.16. The van der Waals surface area contributed by atoms with Crippen molar-refractivity contribution in [3.63, 3.8) is 0 Å². The summed E-state index contributed by atoms with van der Waals surface area (Å²) in [5, 5.41) is 11.4. The monoisotopic (exact) mass is 262 g/mol. The van der Waals surface area contributed by atoms with Gasteiger partial charge in [0, 0.05) is 11.8 Å². The number of carbonyl (C=O) groups excluding carboxylic acids is 1. The summed E-state index contributed by atoms with van der Waals surface area (Å²) in [6, 6.07) is 3.99. The summed E-state index contributed by atoms with van der Waals surface area (Å²) in [6.07, 6.45) is -4.86. The van der Waals surface area contributed by atoms with Crippen LogP contribution < -0.4 is 11.1 Å². The number of benzene rings is 1. The molecular weight excluding hydrogens is 249 g/mol. The molecule has 0 saturated heterocycles. The van der Waals surface area contributed by atoms with Crippen LogP contribution in [0, 0.1) is 6.92 Å². The zero-order valence-corrected chi connectivity index (χ0v) is 9.80. The van der Waals surface area contributed by atoms with Crippen molar-refractivity contribution in [1.82, 2.24) is 0 Å². The maximum absolute atomic E-state index is 12.5. The summed E-state index contributed by atoms with van der Waals surface area (Å²) in [4.78, 5) is 11.4. The van der Waals surface area contributed by atoms with E-state index in [9.17, 15) is 23.1 Å². The third-order valence-corrected chi connectivity index (χ3v) is 2.53. The number of carbonyl (C=O) groups is 1. The molecule has 1 rings (SSSR count). The Labute approximate surface area is 102 Å². The standard InChI is InChI=1S/C11H13F3N2O2/c1-6-3-4-7(5-8(6)17)16-9(18)10(2,15)11(12,13)14/h3-5,17H,15H2,1-2H3,(H,16,18). The molecule has 4 N–H and O–H groups in total. The van der Waals surface area contributed by atoms with Gasteiger partial charge in [-0.05, 0) is 25.5 Å². The van der Waals surface area contributed by atoms with E-state index in [-0.39, 0.29) is 11.4 Å². The summed E-state index contributed by atoms with van der Waals surface area (Å²) >= 11 is 0. The van der Waals surface area contributed by atoms with E-state index in [0.717, 1.165) is 6.07 Å². The Morgan fingerprint density at radius 1 is 1.39 bits per heavy atom. The minimum atomic E-state index is -4.86. The number of rotatable bonds is 2. The molecule has 7 heteroatoms. The second kappa shape index (κ2) is 4.49. The van der Waals surface area contributed by atoms with E-state index in [2.05, 4.69) is 0 Å². The first kappa shape index (κ1) is 14.3. The molecule has 0 bridgehead atoms. The van der Waals surface area contributed by atoms with E-state index in [0.29, 0.717) is 12.5 Å². The lowest BCUT2D eigenvalue weighted by Gasteiger charge is -2.26. The molecule has 100 valence electrons. The van der Waals surface area contributed by atoms with Crippen LogP contribution in [0.4, 0.5) is 18.9 Å². The summed E-state index contributed by atoms with van der Waals surface area (Å²) in [5.74, 6) is -1.52. The molecule has 0 saturated carbocycles. The summed E-state index contributed by atoms with van der Waals surface area (Å²) < 4.78 is 37.5. The minimum absolute atomic E-state index is 0.0454. The number of aromatic hydroxyl groups is 1. The SMILES string of the molecule is Cc1ccc(NC(=O)C(C)(N)C(F)(F)F)cc1O. The van der Waals surface area contributed by atoms with Gasteiger partial charge in [-0.25, -0.2) is 0 Å². The highest BCUT2D eigenvalue weighted by Gasteiger charge is 2.53. The van der Waals surface area contributed by atoms with Gasteiger partial charge in [-0.1, -0.05) is 6.07 Å². The maximum atomic E-state index is 12.5. The predicted octanol–water partition coefficient (Wildman–Crippen LogP) is 1.92. The fourth-order valence-electron chi connectivity index (χ4n) is 1.08. The Morgan fingerprint density at radius 3 is 2.39 bits per heavy atom. The Bertz CT molecular complexity index is 470. The quantitative estimate of drug-likeness (QED) is 0.762. The predicted molar refractivity (Wildman–Crippen MR) is 60.1 cm³/mol. The van der Waals surface area contributed by atoms with Crippen LogP contribution in [0.5, 0.6) is 5.75 Å². The van der Waals surface area contributed by atoms with E-state index in [4.69, 9.17) is 5.73 Å². The van der Waals surface area contributed by atoms with Gasteiger partial charge >= 0.3 is 6.18 Å². The Kier molecular flexibility index (Phi) is 3.57. The van der Waals surface area contributed by atoms with Crippen LogP contribution in [0.25, 0.3) is 0 Å². The molecule has 0 fully saturated rings. The highest BCUT2D eigenvalue weighted by molar-refractivity contribution is 5.98. The number of nitrogens with two attached hydrogens (primary N) is 1. The van der Waals surface area contributed by atoms with Gasteiger partial charge in [-0.2, -0.15) is 13.2 Å². The number of alkyl halides is 3. The molecule has 0 aliphatic rings. The molecule has 0 spiro atoms. The van der Waals surface area contributed by atoms with Crippen molar-refractivity contribution < 1.29 is 23.1 Å². The fraction of sp³-hybridized carbons (Fsp3) is 0.364. The van der Waals surface area contributed by atoms with Crippen LogP contribution in [-0.2, 0) is 4.79 Å². The Balaban J connectivity index is 2.91. The van der Waals surface area contributed by atoms with Crippen molar-refractivity contribution in [2.75, 3.05) is 5.32 Å². The smallest absolute Gasteiger partial charge is 0.415 e. The zero-order valence-electron chi connectivity index (χ0n) is 9.80. The highest BCUT2D eigenvalue weighted by Crippen LogP contribution is 2.29. The van der Waals surface area contributed by atoms with Crippen molar-refractivity contribution in [2.24, 2.45) is 5.73 Å². The van der Waals surface area contributed by atoms with E-state index < -0.39 is 17.6 Å². The molecule has 1 unspecified atom stereocenters. The number of hydrogen-bond donors (Lipinski definition) is 3. The molecule has 1 atom stereocenters. The molecule has 0 aliphatic carbocycles. The zero-order chi connectivity index (χ0) is 14.1. The van der Waals surface area contributed by atoms with E-state index >= 15 is 0 Å². The molecule has 18 heavy (non-hydrogen) atoms. The average Bonchev–Trinajstić information content (AvgIpc) is 2.21. The first-order valence-electron chi connectivity index (χ1n) is 5.02. The molecule has 1 aromatic rings. The molecule has 1 aromatic carbocycles. The molecule has 1 amide bonds. The second-order valence-corrected chi connectivity index (χ2v) is 4.16. The number of phenolic OH excluding ortho intramolecular Hbond substituents is 1. The summed E-state index contributed by atoms with van der Waals surface area (Å²) in [7, 11) is 0. The molecular formula is C11H13F3N2O2.